The number of carbonyl (C=O) groups is 2. The Morgan fingerprint density at radius 1 is 0.897 bits per heavy atom. The normalized spacial score (nSPS) is 10.8. The Bertz CT molecular complexity index is 1000. The van der Waals surface area contributed by atoms with Crippen LogP contribution in [-0.4, -0.2) is 55.3 Å². The van der Waals surface area contributed by atoms with Gasteiger partial charge in [0.25, 0.3) is 10.0 Å². The van der Waals surface area contributed by atoms with Crippen molar-refractivity contribution in [2.75, 3.05) is 39.3 Å². The van der Waals surface area contributed by atoms with Gasteiger partial charge in [-0.05, 0) is 24.3 Å². The summed E-state index contributed by atoms with van der Waals surface area (Å²) in [7, 11) is 0.803. The van der Waals surface area contributed by atoms with Crippen molar-refractivity contribution in [1.82, 2.24) is 0 Å². The van der Waals surface area contributed by atoms with E-state index in [0.29, 0.717) is 5.75 Å². The molecular weight excluding hydrogens is 402 g/mol. The molecule has 0 saturated heterocycles. The average Bonchev–Trinajstić information content (AvgIpc) is 2.75. The van der Waals surface area contributed by atoms with Gasteiger partial charge in [0.2, 0.25) is 0 Å². The average molecular weight is 423 g/mol. The molecule has 0 saturated carbocycles. The Morgan fingerprint density at radius 3 is 2.14 bits per heavy atom. The molecule has 0 spiro atoms. The van der Waals surface area contributed by atoms with E-state index in [1.54, 1.807) is 6.07 Å². The van der Waals surface area contributed by atoms with Crippen molar-refractivity contribution in [2.24, 2.45) is 0 Å². The van der Waals surface area contributed by atoms with Gasteiger partial charge in [-0.25, -0.2) is 13.2 Å². The van der Waals surface area contributed by atoms with Crippen LogP contribution in [0, 0.1) is 0 Å². The fraction of sp³-hybridized carbons (Fsp3) is 0.263. The standard InChI is InChI=1S/C19H21NO8S/c1-25-16-10-9-13(11-17(16)26-2)29(23,24)20(12-18(21)27-3)15-8-6-5-7-14(15)19(22)28-4/h5-11H,12H2,1-4H3. The zero-order chi connectivity index (χ0) is 21.6. The molecule has 156 valence electrons. The maximum absolute atomic E-state index is 13.4. The third-order valence-corrected chi connectivity index (χ3v) is 5.78. The van der Waals surface area contributed by atoms with Gasteiger partial charge >= 0.3 is 11.9 Å². The largest absolute Gasteiger partial charge is 0.493 e. The Kier molecular flexibility index (Phi) is 7.05. The van der Waals surface area contributed by atoms with E-state index in [-0.39, 0.29) is 21.9 Å². The van der Waals surface area contributed by atoms with Crippen molar-refractivity contribution in [2.45, 2.75) is 4.90 Å². The van der Waals surface area contributed by atoms with E-state index in [1.165, 1.54) is 57.7 Å². The molecule has 9 nitrogen and oxygen atoms in total. The van der Waals surface area contributed by atoms with Crippen LogP contribution >= 0.6 is 0 Å². The zero-order valence-electron chi connectivity index (χ0n) is 16.4. The SMILES string of the molecule is COC(=O)CN(c1ccccc1C(=O)OC)S(=O)(=O)c1ccc(OC)c(OC)c1. The van der Waals surface area contributed by atoms with Crippen molar-refractivity contribution in [1.29, 1.82) is 0 Å². The van der Waals surface area contributed by atoms with Crippen LogP contribution < -0.4 is 13.8 Å². The van der Waals surface area contributed by atoms with Crippen molar-refractivity contribution in [3.8, 4) is 11.5 Å². The number of sulfonamides is 1. The number of ether oxygens (including phenoxy) is 4. The highest BCUT2D eigenvalue weighted by molar-refractivity contribution is 7.92. The first-order valence-electron chi connectivity index (χ1n) is 8.29. The van der Waals surface area contributed by atoms with Gasteiger partial charge in [0.1, 0.15) is 6.54 Å². The number of esters is 2. The predicted molar refractivity (Wildman–Crippen MR) is 104 cm³/mol. The summed E-state index contributed by atoms with van der Waals surface area (Å²) >= 11 is 0. The number of anilines is 1. The molecule has 2 aromatic carbocycles. The summed E-state index contributed by atoms with van der Waals surface area (Å²) in [5.74, 6) is -1.04. The molecule has 0 atom stereocenters. The maximum Gasteiger partial charge on any atom is 0.340 e. The second kappa shape index (κ2) is 9.28. The second-order valence-corrected chi connectivity index (χ2v) is 7.48. The maximum atomic E-state index is 13.4. The van der Waals surface area contributed by atoms with E-state index in [9.17, 15) is 18.0 Å². The molecule has 0 amide bonds. The lowest BCUT2D eigenvalue weighted by Crippen LogP contribution is -2.37. The van der Waals surface area contributed by atoms with E-state index in [2.05, 4.69) is 4.74 Å². The van der Waals surface area contributed by atoms with Crippen LogP contribution in [0.2, 0.25) is 0 Å². The number of para-hydroxylation sites is 1. The van der Waals surface area contributed by atoms with Crippen molar-refractivity contribution in [3.05, 3.63) is 48.0 Å². The van der Waals surface area contributed by atoms with Crippen LogP contribution in [0.3, 0.4) is 0 Å². The quantitative estimate of drug-likeness (QED) is 0.592. The summed E-state index contributed by atoms with van der Waals surface area (Å²) in [5.41, 5.74) is -0.0533. The number of hydrogen-bond acceptors (Lipinski definition) is 8. The molecule has 0 N–H and O–H groups in total. The highest BCUT2D eigenvalue weighted by atomic mass is 32.2. The Balaban J connectivity index is 2.67. The summed E-state index contributed by atoms with van der Waals surface area (Å²) in [6.45, 7) is -0.652. The van der Waals surface area contributed by atoms with Crippen LogP contribution in [-0.2, 0) is 24.3 Å². The van der Waals surface area contributed by atoms with Crippen LogP contribution in [0.4, 0.5) is 5.69 Å². The summed E-state index contributed by atoms with van der Waals surface area (Å²) < 4.78 is 47.2. The van der Waals surface area contributed by atoms with Crippen LogP contribution in [0.15, 0.2) is 47.4 Å². The first kappa shape index (κ1) is 22.0. The van der Waals surface area contributed by atoms with Gasteiger partial charge in [-0.3, -0.25) is 9.10 Å². The summed E-state index contributed by atoms with van der Waals surface area (Å²) in [4.78, 5) is 23.9. The van der Waals surface area contributed by atoms with Crippen LogP contribution in [0.25, 0.3) is 0 Å². The second-order valence-electron chi connectivity index (χ2n) is 5.61. The number of carbonyl (C=O) groups excluding carboxylic acids is 2. The Labute approximate surface area is 168 Å². The lowest BCUT2D eigenvalue weighted by Gasteiger charge is -2.25. The van der Waals surface area contributed by atoms with E-state index in [4.69, 9.17) is 14.2 Å². The van der Waals surface area contributed by atoms with Gasteiger partial charge in [0.05, 0.1) is 44.6 Å². The molecule has 0 aromatic heterocycles. The highest BCUT2D eigenvalue weighted by Gasteiger charge is 2.31. The van der Waals surface area contributed by atoms with Gasteiger partial charge in [0.15, 0.2) is 11.5 Å². The smallest absolute Gasteiger partial charge is 0.340 e. The number of methoxy groups -OCH3 is 4. The minimum Gasteiger partial charge on any atom is -0.493 e. The number of hydrogen-bond donors (Lipinski definition) is 0. The van der Waals surface area contributed by atoms with E-state index in [0.717, 1.165) is 11.4 Å². The molecule has 0 aliphatic carbocycles. The molecule has 0 radical (unpaired) electrons. The predicted octanol–water partition coefficient (Wildman–Crippen LogP) is 1.86. The van der Waals surface area contributed by atoms with Crippen molar-refractivity contribution in [3.63, 3.8) is 0 Å². The molecule has 2 aromatic rings. The molecule has 29 heavy (non-hydrogen) atoms. The molecule has 0 heterocycles. The molecule has 0 aliphatic rings. The van der Waals surface area contributed by atoms with Gasteiger partial charge < -0.3 is 18.9 Å². The van der Waals surface area contributed by atoms with E-state index in [1.807, 2.05) is 0 Å². The lowest BCUT2D eigenvalue weighted by molar-refractivity contribution is -0.138. The van der Waals surface area contributed by atoms with E-state index >= 15 is 0 Å². The van der Waals surface area contributed by atoms with Gasteiger partial charge in [-0.2, -0.15) is 0 Å². The molecule has 0 fully saturated rings. The molecular formula is C19H21NO8S. The third kappa shape index (κ3) is 4.60. The van der Waals surface area contributed by atoms with Crippen LogP contribution in [0.1, 0.15) is 10.4 Å². The minimum absolute atomic E-state index is 0.0250. The topological polar surface area (TPSA) is 108 Å². The van der Waals surface area contributed by atoms with Crippen LogP contribution in [0.5, 0.6) is 11.5 Å². The first-order chi connectivity index (χ1) is 13.8. The minimum atomic E-state index is -4.29. The van der Waals surface area contributed by atoms with E-state index < -0.39 is 28.5 Å². The third-order valence-electron chi connectivity index (χ3n) is 4.02. The lowest BCUT2D eigenvalue weighted by atomic mass is 10.2. The summed E-state index contributed by atoms with van der Waals surface area (Å²) in [6.07, 6.45) is 0. The zero-order valence-corrected chi connectivity index (χ0v) is 17.2. The highest BCUT2D eigenvalue weighted by Crippen LogP contribution is 2.33. The summed E-state index contributed by atoms with van der Waals surface area (Å²) in [5, 5.41) is 0. The Morgan fingerprint density at radius 2 is 1.55 bits per heavy atom. The molecule has 10 heteroatoms. The molecule has 2 rings (SSSR count). The van der Waals surface area contributed by atoms with Gasteiger partial charge in [-0.15, -0.1) is 0 Å². The van der Waals surface area contributed by atoms with Crippen molar-refractivity contribution < 1.29 is 37.0 Å². The molecule has 0 unspecified atom stereocenters. The number of rotatable bonds is 8. The van der Waals surface area contributed by atoms with Gasteiger partial charge in [-0.1, -0.05) is 12.1 Å². The Hall–Kier alpha value is -3.27. The van der Waals surface area contributed by atoms with Crippen molar-refractivity contribution >= 4 is 27.6 Å². The monoisotopic (exact) mass is 423 g/mol. The van der Waals surface area contributed by atoms with Gasteiger partial charge in [0, 0.05) is 6.07 Å². The fourth-order valence-corrected chi connectivity index (χ4v) is 4.00. The molecule has 0 bridgehead atoms. The first-order valence-corrected chi connectivity index (χ1v) is 9.73. The fourth-order valence-electron chi connectivity index (χ4n) is 2.56. The molecule has 0 aliphatic heterocycles. The number of benzene rings is 2. The number of nitrogens with zero attached hydrogens (tertiary/aromatic N) is 1. The summed E-state index contributed by atoms with van der Waals surface area (Å²) in [6, 6.07) is 9.88.